The minimum atomic E-state index is -0.652. The molecular formula is C16H21N5O2. The first-order valence-electron chi connectivity index (χ1n) is 7.35. The van der Waals surface area contributed by atoms with E-state index in [1.54, 1.807) is 23.7 Å². The normalized spacial score (nSPS) is 11.6. The van der Waals surface area contributed by atoms with Gasteiger partial charge in [-0.15, -0.1) is 0 Å². The fourth-order valence-corrected chi connectivity index (χ4v) is 1.98. The molecule has 1 aromatic carbocycles. The Labute approximate surface area is 135 Å². The van der Waals surface area contributed by atoms with Crippen molar-refractivity contribution in [1.29, 1.82) is 0 Å². The molecule has 2 aromatic rings. The highest BCUT2D eigenvalue weighted by Gasteiger charge is 2.15. The second kappa shape index (κ2) is 7.44. The fraction of sp³-hybridized carbons (Fsp3) is 0.312. The highest BCUT2D eigenvalue weighted by molar-refractivity contribution is 5.96. The van der Waals surface area contributed by atoms with Gasteiger partial charge in [-0.2, -0.15) is 5.10 Å². The maximum atomic E-state index is 12.0. The molecule has 3 N–H and O–H groups in total. The Hall–Kier alpha value is -2.83. The van der Waals surface area contributed by atoms with Crippen LogP contribution < -0.4 is 16.0 Å². The van der Waals surface area contributed by atoms with Crippen molar-refractivity contribution in [3.8, 4) is 0 Å². The van der Waals surface area contributed by atoms with Crippen LogP contribution in [0.25, 0.3) is 0 Å². The lowest BCUT2D eigenvalue weighted by Gasteiger charge is -2.14. The quantitative estimate of drug-likeness (QED) is 0.782. The zero-order valence-corrected chi connectivity index (χ0v) is 13.5. The summed E-state index contributed by atoms with van der Waals surface area (Å²) in [7, 11) is 1.84. The number of para-hydroxylation sites is 1. The van der Waals surface area contributed by atoms with Gasteiger partial charge in [0.2, 0.25) is 5.91 Å². The molecule has 0 fully saturated rings. The number of carbonyl (C=O) groups is 2. The molecule has 1 heterocycles. The van der Waals surface area contributed by atoms with Gasteiger partial charge < -0.3 is 16.0 Å². The molecule has 122 valence electrons. The molecule has 7 heteroatoms. The van der Waals surface area contributed by atoms with Crippen LogP contribution in [0, 0.1) is 6.92 Å². The van der Waals surface area contributed by atoms with Crippen LogP contribution >= 0.6 is 0 Å². The van der Waals surface area contributed by atoms with Crippen LogP contribution in [0.5, 0.6) is 0 Å². The molecule has 3 amide bonds. The highest BCUT2D eigenvalue weighted by atomic mass is 16.2. The van der Waals surface area contributed by atoms with Crippen LogP contribution in [-0.2, 0) is 18.4 Å². The van der Waals surface area contributed by atoms with Gasteiger partial charge in [0.25, 0.3) is 0 Å². The van der Waals surface area contributed by atoms with Crippen molar-refractivity contribution in [1.82, 2.24) is 20.4 Å². The molecule has 0 saturated heterocycles. The number of benzene rings is 1. The number of nitrogens with one attached hydrogen (secondary N) is 3. The van der Waals surface area contributed by atoms with Gasteiger partial charge in [-0.05, 0) is 32.0 Å². The van der Waals surface area contributed by atoms with Gasteiger partial charge in [0.05, 0.1) is 12.2 Å². The van der Waals surface area contributed by atoms with E-state index in [-0.39, 0.29) is 5.91 Å². The second-order valence-electron chi connectivity index (χ2n) is 5.30. The number of aryl methyl sites for hydroxylation is 2. The fourth-order valence-electron chi connectivity index (χ4n) is 1.98. The molecule has 0 spiro atoms. The standard InChI is InChI=1S/C16H21N5O2/c1-11-9-14(20-21(11)3)10-17-16(23)18-12(2)15(22)19-13-7-5-4-6-8-13/h4-9,12H,10H2,1-3H3,(H,19,22)(H2,17,18,23). The lowest BCUT2D eigenvalue weighted by molar-refractivity contribution is -0.117. The number of urea groups is 1. The molecule has 0 bridgehead atoms. The number of amides is 3. The first-order chi connectivity index (χ1) is 11.0. The summed E-state index contributed by atoms with van der Waals surface area (Å²) < 4.78 is 1.74. The third-order valence-electron chi connectivity index (χ3n) is 3.38. The zero-order chi connectivity index (χ0) is 16.8. The summed E-state index contributed by atoms with van der Waals surface area (Å²) >= 11 is 0. The van der Waals surface area contributed by atoms with E-state index in [4.69, 9.17) is 0 Å². The number of nitrogens with zero attached hydrogens (tertiary/aromatic N) is 2. The molecule has 0 saturated carbocycles. The molecular weight excluding hydrogens is 294 g/mol. The first kappa shape index (κ1) is 16.5. The van der Waals surface area contributed by atoms with Crippen LogP contribution in [0.3, 0.4) is 0 Å². The monoisotopic (exact) mass is 315 g/mol. The van der Waals surface area contributed by atoms with Gasteiger partial charge in [0.1, 0.15) is 6.04 Å². The van der Waals surface area contributed by atoms with E-state index >= 15 is 0 Å². The second-order valence-corrected chi connectivity index (χ2v) is 5.30. The van der Waals surface area contributed by atoms with Crippen molar-refractivity contribution < 1.29 is 9.59 Å². The van der Waals surface area contributed by atoms with Crippen molar-refractivity contribution in [3.63, 3.8) is 0 Å². The highest BCUT2D eigenvalue weighted by Crippen LogP contribution is 2.05. The summed E-state index contributed by atoms with van der Waals surface area (Å²) in [5.41, 5.74) is 2.47. The predicted molar refractivity (Wildman–Crippen MR) is 87.9 cm³/mol. The van der Waals surface area contributed by atoms with E-state index < -0.39 is 12.1 Å². The molecule has 2 rings (SSSR count). The topological polar surface area (TPSA) is 88.1 Å². The number of carbonyl (C=O) groups excluding carboxylic acids is 2. The van der Waals surface area contributed by atoms with E-state index in [2.05, 4.69) is 21.0 Å². The molecule has 7 nitrogen and oxygen atoms in total. The van der Waals surface area contributed by atoms with E-state index in [0.29, 0.717) is 12.2 Å². The summed E-state index contributed by atoms with van der Waals surface area (Å²) in [5, 5.41) is 12.3. The third kappa shape index (κ3) is 4.84. The molecule has 0 aliphatic carbocycles. The summed E-state index contributed by atoms with van der Waals surface area (Å²) in [6, 6.07) is 9.92. The number of rotatable bonds is 5. The van der Waals surface area contributed by atoms with E-state index in [9.17, 15) is 9.59 Å². The lowest BCUT2D eigenvalue weighted by atomic mass is 10.2. The first-order valence-corrected chi connectivity index (χ1v) is 7.35. The van der Waals surface area contributed by atoms with Crippen molar-refractivity contribution in [3.05, 3.63) is 47.8 Å². The van der Waals surface area contributed by atoms with Gasteiger partial charge in [0, 0.05) is 18.4 Å². The van der Waals surface area contributed by atoms with Crippen LogP contribution in [0.4, 0.5) is 10.5 Å². The van der Waals surface area contributed by atoms with E-state index in [1.807, 2.05) is 38.2 Å². The lowest BCUT2D eigenvalue weighted by Crippen LogP contribution is -2.46. The Bertz CT molecular complexity index is 662. The minimum Gasteiger partial charge on any atom is -0.332 e. The molecule has 0 radical (unpaired) electrons. The molecule has 1 unspecified atom stereocenters. The van der Waals surface area contributed by atoms with Crippen LogP contribution in [0.2, 0.25) is 0 Å². The predicted octanol–water partition coefficient (Wildman–Crippen LogP) is 1.55. The maximum Gasteiger partial charge on any atom is 0.315 e. The third-order valence-corrected chi connectivity index (χ3v) is 3.38. The van der Waals surface area contributed by atoms with Crippen molar-refractivity contribution in [2.75, 3.05) is 5.32 Å². The van der Waals surface area contributed by atoms with Crippen LogP contribution in [0.1, 0.15) is 18.3 Å². The van der Waals surface area contributed by atoms with E-state index in [0.717, 1.165) is 11.4 Å². The maximum absolute atomic E-state index is 12.0. The van der Waals surface area contributed by atoms with Crippen LogP contribution in [-0.4, -0.2) is 27.8 Å². The Morgan fingerprint density at radius 3 is 2.57 bits per heavy atom. The SMILES string of the molecule is Cc1cc(CNC(=O)NC(C)C(=O)Nc2ccccc2)nn1C. The molecule has 0 aliphatic rings. The Kier molecular flexibility index (Phi) is 5.35. The number of aromatic nitrogens is 2. The van der Waals surface area contributed by atoms with Gasteiger partial charge in [-0.3, -0.25) is 9.48 Å². The molecule has 0 aliphatic heterocycles. The zero-order valence-electron chi connectivity index (χ0n) is 13.5. The van der Waals surface area contributed by atoms with Gasteiger partial charge in [0.15, 0.2) is 0 Å². The van der Waals surface area contributed by atoms with Crippen molar-refractivity contribution in [2.24, 2.45) is 7.05 Å². The van der Waals surface area contributed by atoms with E-state index in [1.165, 1.54) is 0 Å². The summed E-state index contributed by atoms with van der Waals surface area (Å²) in [6.45, 7) is 3.87. The Morgan fingerprint density at radius 1 is 1.26 bits per heavy atom. The van der Waals surface area contributed by atoms with Crippen LogP contribution in [0.15, 0.2) is 36.4 Å². The Balaban J connectivity index is 1.78. The smallest absolute Gasteiger partial charge is 0.315 e. The van der Waals surface area contributed by atoms with Gasteiger partial charge >= 0.3 is 6.03 Å². The van der Waals surface area contributed by atoms with Gasteiger partial charge in [-0.1, -0.05) is 18.2 Å². The Morgan fingerprint density at radius 2 is 1.96 bits per heavy atom. The number of anilines is 1. The molecule has 23 heavy (non-hydrogen) atoms. The van der Waals surface area contributed by atoms with Crippen molar-refractivity contribution >= 4 is 17.6 Å². The molecule has 1 atom stereocenters. The summed E-state index contributed by atoms with van der Waals surface area (Å²) in [4.78, 5) is 23.8. The average molecular weight is 315 g/mol. The van der Waals surface area contributed by atoms with Crippen molar-refractivity contribution in [2.45, 2.75) is 26.4 Å². The summed E-state index contributed by atoms with van der Waals surface area (Å²) in [6.07, 6.45) is 0. The minimum absolute atomic E-state index is 0.278. The number of hydrogen-bond donors (Lipinski definition) is 3. The summed E-state index contributed by atoms with van der Waals surface area (Å²) in [5.74, 6) is -0.278. The number of hydrogen-bond acceptors (Lipinski definition) is 3. The average Bonchev–Trinajstić information content (AvgIpc) is 2.84. The largest absolute Gasteiger partial charge is 0.332 e. The van der Waals surface area contributed by atoms with Gasteiger partial charge in [-0.25, -0.2) is 4.79 Å². The molecule has 1 aromatic heterocycles.